The zero-order chi connectivity index (χ0) is 22.7. The van der Waals surface area contributed by atoms with Gasteiger partial charge in [0.15, 0.2) is 0 Å². The molecule has 6 heteroatoms. The third-order valence-electron chi connectivity index (χ3n) is 6.96. The summed E-state index contributed by atoms with van der Waals surface area (Å²) in [6.45, 7) is -2.08. The van der Waals surface area contributed by atoms with Gasteiger partial charge >= 0.3 is 0 Å². The van der Waals surface area contributed by atoms with Gasteiger partial charge in [-0.05, 0) is 78.6 Å². The summed E-state index contributed by atoms with van der Waals surface area (Å²) in [5.41, 5.74) is 8.28. The van der Waals surface area contributed by atoms with Gasteiger partial charge in [0, 0.05) is 17.5 Å². The molecule has 0 amide bonds. The van der Waals surface area contributed by atoms with Gasteiger partial charge in [-0.2, -0.15) is 5.26 Å². The Morgan fingerprint density at radius 1 is 1.27 bits per heavy atom. The Morgan fingerprint density at radius 3 is 2.73 bits per heavy atom. The molecular formula is C24H24ClN3O2. The predicted molar refractivity (Wildman–Crippen MR) is 116 cm³/mol. The fourth-order valence-corrected chi connectivity index (χ4v) is 5.68. The number of methoxy groups -OCH3 is 1. The number of ether oxygens (including phenoxy) is 2. The Bertz CT molecular complexity index is 1170. The lowest BCUT2D eigenvalue weighted by Crippen LogP contribution is -2.46. The molecule has 2 N–H and O–H groups in total. The number of hydrogen-bond acceptors (Lipinski definition) is 5. The minimum absolute atomic E-state index is 0.115. The number of aliphatic imine (C=N–C) groups is 1. The van der Waals surface area contributed by atoms with Crippen molar-refractivity contribution in [3.05, 3.63) is 58.1 Å². The molecule has 1 aliphatic heterocycles. The first-order chi connectivity index (χ1) is 15.2. The molecule has 1 saturated carbocycles. The number of benzene rings is 2. The lowest BCUT2D eigenvalue weighted by Gasteiger charge is -2.45. The van der Waals surface area contributed by atoms with Crippen molar-refractivity contribution >= 4 is 17.6 Å². The smallest absolute Gasteiger partial charge is 0.283 e. The number of nitrogens with two attached hydrogens (primary N) is 1. The number of hydrogen-bond donors (Lipinski definition) is 1. The van der Waals surface area contributed by atoms with E-state index in [4.69, 9.17) is 34.5 Å². The van der Waals surface area contributed by atoms with Crippen molar-refractivity contribution < 1.29 is 12.2 Å². The van der Waals surface area contributed by atoms with E-state index in [2.05, 4.69) is 6.07 Å². The Kier molecular flexibility index (Phi) is 4.01. The molecular weight excluding hydrogens is 398 g/mol. The normalized spacial score (nSPS) is 32.2. The van der Waals surface area contributed by atoms with Crippen LogP contribution in [0.3, 0.4) is 0 Å². The van der Waals surface area contributed by atoms with Crippen molar-refractivity contribution in [2.75, 3.05) is 13.7 Å². The molecule has 2 spiro atoms. The molecule has 1 heterocycles. The monoisotopic (exact) mass is 423 g/mol. The van der Waals surface area contributed by atoms with Crippen molar-refractivity contribution in [2.45, 2.75) is 43.7 Å². The van der Waals surface area contributed by atoms with Gasteiger partial charge in [-0.1, -0.05) is 23.7 Å². The van der Waals surface area contributed by atoms with Crippen LogP contribution >= 0.6 is 11.6 Å². The first kappa shape index (κ1) is 17.2. The van der Waals surface area contributed by atoms with Crippen molar-refractivity contribution in [1.29, 1.82) is 5.26 Å². The van der Waals surface area contributed by atoms with Crippen LogP contribution in [0.1, 0.15) is 45.1 Å². The minimum Gasteiger partial charge on any atom is -0.462 e. The molecule has 5 rings (SSSR count). The van der Waals surface area contributed by atoms with Crippen LogP contribution in [-0.2, 0) is 21.4 Å². The Labute approximate surface area is 184 Å². The minimum atomic E-state index is -2.08. The number of rotatable bonds is 2. The van der Waals surface area contributed by atoms with Gasteiger partial charge < -0.3 is 15.2 Å². The van der Waals surface area contributed by atoms with E-state index in [9.17, 15) is 5.26 Å². The highest BCUT2D eigenvalue weighted by Gasteiger charge is 2.61. The average Bonchev–Trinajstić information content (AvgIpc) is 3.18. The average molecular weight is 424 g/mol. The van der Waals surface area contributed by atoms with E-state index >= 15 is 0 Å². The van der Waals surface area contributed by atoms with Crippen LogP contribution in [0.5, 0.6) is 0 Å². The van der Waals surface area contributed by atoms with Gasteiger partial charge in [0.25, 0.3) is 6.02 Å². The molecule has 154 valence electrons. The van der Waals surface area contributed by atoms with E-state index in [1.54, 1.807) is 19.2 Å². The first-order valence-corrected chi connectivity index (χ1v) is 10.5. The summed E-state index contributed by atoms with van der Waals surface area (Å²) in [5, 5.41) is 9.82. The molecule has 0 aromatic heterocycles. The molecule has 1 fully saturated rings. The van der Waals surface area contributed by atoms with Crippen molar-refractivity contribution in [3.8, 4) is 17.2 Å². The molecule has 0 saturated heterocycles. The fraction of sp³-hybridized carbons (Fsp3) is 0.417. The third kappa shape index (κ3) is 2.82. The van der Waals surface area contributed by atoms with Gasteiger partial charge in [-0.3, -0.25) is 0 Å². The number of amidine groups is 1. The standard InChI is InChI=1S/C24H24ClN3O2/c1-29-20-4-6-23(7-5-20)12-17-3-2-16(18-8-15(13-26)9-19(25)10-18)11-21(17)24(23)14-30-22(27)28-24/h2-3,8-11,20H,4-7,12,14H2,1H3,(H2,27,28)/t20?,23?,24-/m0/s1/i14D2. The van der Waals surface area contributed by atoms with Gasteiger partial charge in [-0.15, -0.1) is 0 Å². The van der Waals surface area contributed by atoms with Gasteiger partial charge in [-0.25, -0.2) is 4.99 Å². The second kappa shape index (κ2) is 7.01. The van der Waals surface area contributed by atoms with E-state index < -0.39 is 17.5 Å². The molecule has 2 aliphatic carbocycles. The summed E-state index contributed by atoms with van der Waals surface area (Å²) in [7, 11) is 1.72. The highest BCUT2D eigenvalue weighted by Crippen LogP contribution is 2.61. The number of nitrogens with zero attached hydrogens (tertiary/aromatic N) is 2. The molecule has 3 aliphatic rings. The van der Waals surface area contributed by atoms with Crippen LogP contribution in [-0.4, -0.2) is 25.8 Å². The topological polar surface area (TPSA) is 80.6 Å². The van der Waals surface area contributed by atoms with E-state index in [1.165, 1.54) is 0 Å². The second-order valence-corrected chi connectivity index (χ2v) is 8.91. The first-order valence-electron chi connectivity index (χ1n) is 11.2. The molecule has 5 nitrogen and oxygen atoms in total. The van der Waals surface area contributed by atoms with Crippen LogP contribution in [0.4, 0.5) is 0 Å². The molecule has 0 radical (unpaired) electrons. The van der Waals surface area contributed by atoms with Crippen LogP contribution in [0.25, 0.3) is 11.1 Å². The summed E-state index contributed by atoms with van der Waals surface area (Å²) in [4.78, 5) is 4.71. The Hall–Kier alpha value is -2.55. The summed E-state index contributed by atoms with van der Waals surface area (Å²) >= 11 is 6.24. The lowest BCUT2D eigenvalue weighted by molar-refractivity contribution is -0.00983. The largest absolute Gasteiger partial charge is 0.462 e. The lowest BCUT2D eigenvalue weighted by atomic mass is 9.62. The maximum absolute atomic E-state index is 9.34. The zero-order valence-corrected chi connectivity index (χ0v) is 17.5. The number of halogens is 1. The second-order valence-electron chi connectivity index (χ2n) is 8.47. The van der Waals surface area contributed by atoms with E-state index in [-0.39, 0.29) is 12.1 Å². The zero-order valence-electron chi connectivity index (χ0n) is 18.7. The van der Waals surface area contributed by atoms with Crippen molar-refractivity contribution in [3.63, 3.8) is 0 Å². The summed E-state index contributed by atoms with van der Waals surface area (Å²) in [6.07, 6.45) is 4.09. The van der Waals surface area contributed by atoms with Gasteiger partial charge in [0.05, 0.1) is 20.5 Å². The quantitative estimate of drug-likeness (QED) is 0.768. The van der Waals surface area contributed by atoms with Gasteiger partial charge in [0.2, 0.25) is 0 Å². The van der Waals surface area contributed by atoms with Crippen molar-refractivity contribution in [1.82, 2.24) is 0 Å². The predicted octanol–water partition coefficient (Wildman–Crippen LogP) is 4.55. The number of fused-ring (bicyclic) bond motifs is 3. The fourth-order valence-electron chi connectivity index (χ4n) is 5.44. The van der Waals surface area contributed by atoms with Crippen molar-refractivity contribution in [2.24, 2.45) is 16.1 Å². The molecule has 0 bridgehead atoms. The van der Waals surface area contributed by atoms with E-state index in [1.807, 2.05) is 24.3 Å². The van der Waals surface area contributed by atoms with Crippen LogP contribution in [0, 0.1) is 16.7 Å². The van der Waals surface area contributed by atoms with Gasteiger partial charge in [0.1, 0.15) is 12.1 Å². The molecule has 0 unspecified atom stereocenters. The van der Waals surface area contributed by atoms with Crippen LogP contribution < -0.4 is 5.73 Å². The van der Waals surface area contributed by atoms with Crippen LogP contribution in [0.15, 0.2) is 41.4 Å². The SMILES string of the molecule is [2H]C1([2H])OC(N)=N[C@]12c1cc(-c3cc(Cl)cc(C#N)c3)ccc1CC21CCC(OC)CC1. The van der Waals surface area contributed by atoms with E-state index in [0.29, 0.717) is 17.0 Å². The Balaban J connectivity index is 1.69. The molecule has 30 heavy (non-hydrogen) atoms. The maximum atomic E-state index is 9.34. The molecule has 2 aromatic rings. The van der Waals surface area contributed by atoms with Crippen LogP contribution in [0.2, 0.25) is 5.02 Å². The summed E-state index contributed by atoms with van der Waals surface area (Å²) < 4.78 is 28.8. The third-order valence-corrected chi connectivity index (χ3v) is 7.18. The molecule has 2 aromatic carbocycles. The summed E-state index contributed by atoms with van der Waals surface area (Å²) in [6, 6.07) is 13.3. The Morgan fingerprint density at radius 2 is 2.07 bits per heavy atom. The highest BCUT2D eigenvalue weighted by molar-refractivity contribution is 6.31. The van der Waals surface area contributed by atoms with E-state index in [0.717, 1.165) is 47.9 Å². The molecule has 1 atom stereocenters. The maximum Gasteiger partial charge on any atom is 0.283 e. The number of nitriles is 1. The highest BCUT2D eigenvalue weighted by atomic mass is 35.5. The summed E-state index contributed by atoms with van der Waals surface area (Å²) in [5.74, 6) is 0.